The van der Waals surface area contributed by atoms with E-state index in [0.717, 1.165) is 18.8 Å². The number of hydrogen-bond acceptors (Lipinski definition) is 3. The number of hydrogen-bond donors (Lipinski definition) is 1. The highest BCUT2D eigenvalue weighted by atomic mass is 16.5. The maximum absolute atomic E-state index is 5.89. The lowest BCUT2D eigenvalue weighted by Crippen LogP contribution is -2.47. The molecule has 1 N–H and O–H groups in total. The van der Waals surface area contributed by atoms with E-state index >= 15 is 0 Å². The summed E-state index contributed by atoms with van der Waals surface area (Å²) in [7, 11) is 1.70. The van der Waals surface area contributed by atoms with Crippen molar-refractivity contribution < 1.29 is 9.47 Å². The molecule has 3 heteroatoms. The van der Waals surface area contributed by atoms with E-state index in [1.807, 2.05) is 18.2 Å². The lowest BCUT2D eigenvalue weighted by molar-refractivity contribution is 0.00629. The van der Waals surface area contributed by atoms with Crippen LogP contribution in [0.4, 0.5) is 0 Å². The van der Waals surface area contributed by atoms with Gasteiger partial charge in [-0.3, -0.25) is 5.32 Å². The summed E-state index contributed by atoms with van der Waals surface area (Å²) >= 11 is 0. The van der Waals surface area contributed by atoms with Gasteiger partial charge in [0.25, 0.3) is 0 Å². The topological polar surface area (TPSA) is 30.5 Å². The first-order valence-electron chi connectivity index (χ1n) is 5.99. The monoisotopic (exact) mass is 235 g/mol. The van der Waals surface area contributed by atoms with Gasteiger partial charge in [-0.05, 0) is 32.4 Å². The van der Waals surface area contributed by atoms with Gasteiger partial charge in [-0.25, -0.2) is 0 Å². The lowest BCUT2D eigenvalue weighted by atomic mass is 10.0. The van der Waals surface area contributed by atoms with Crippen molar-refractivity contribution >= 4 is 0 Å². The predicted octanol–water partition coefficient (Wildman–Crippen LogP) is 2.35. The minimum Gasteiger partial charge on any atom is -0.496 e. The molecular formula is C14H21NO2. The first-order chi connectivity index (χ1) is 7.94. The molecule has 1 atom stereocenters. The Morgan fingerprint density at radius 2 is 2.00 bits per heavy atom. The van der Waals surface area contributed by atoms with Gasteiger partial charge in [0.1, 0.15) is 11.5 Å². The van der Waals surface area contributed by atoms with Crippen LogP contribution in [0.25, 0.3) is 0 Å². The van der Waals surface area contributed by atoms with Crippen LogP contribution in [0, 0.1) is 0 Å². The SMILES string of the molecule is COc1ccccc1CC1(C)NC(C)(C)CO1. The summed E-state index contributed by atoms with van der Waals surface area (Å²) in [5.74, 6) is 0.920. The maximum atomic E-state index is 5.89. The van der Waals surface area contributed by atoms with Gasteiger partial charge in [-0.1, -0.05) is 18.2 Å². The molecule has 17 heavy (non-hydrogen) atoms. The van der Waals surface area contributed by atoms with Crippen LogP contribution in [0.3, 0.4) is 0 Å². The molecule has 1 aromatic carbocycles. The minimum absolute atomic E-state index is 0.0385. The first kappa shape index (κ1) is 12.4. The summed E-state index contributed by atoms with van der Waals surface area (Å²) in [6, 6.07) is 8.08. The minimum atomic E-state index is -0.307. The van der Waals surface area contributed by atoms with Gasteiger partial charge in [0.05, 0.1) is 13.7 Å². The van der Waals surface area contributed by atoms with Crippen LogP contribution in [-0.2, 0) is 11.2 Å². The summed E-state index contributed by atoms with van der Waals surface area (Å²) < 4.78 is 11.3. The molecule has 1 heterocycles. The third-order valence-corrected chi connectivity index (χ3v) is 3.07. The van der Waals surface area contributed by atoms with Gasteiger partial charge < -0.3 is 9.47 Å². The summed E-state index contributed by atoms with van der Waals surface area (Å²) in [6.45, 7) is 7.13. The zero-order valence-corrected chi connectivity index (χ0v) is 11.0. The van der Waals surface area contributed by atoms with Crippen molar-refractivity contribution in [3.63, 3.8) is 0 Å². The van der Waals surface area contributed by atoms with Gasteiger partial charge >= 0.3 is 0 Å². The summed E-state index contributed by atoms with van der Waals surface area (Å²) in [5.41, 5.74) is 0.900. The Morgan fingerprint density at radius 1 is 1.29 bits per heavy atom. The third-order valence-electron chi connectivity index (χ3n) is 3.07. The van der Waals surface area contributed by atoms with Crippen molar-refractivity contribution in [1.29, 1.82) is 0 Å². The molecule has 1 aliphatic rings. The predicted molar refractivity (Wildman–Crippen MR) is 68.3 cm³/mol. The van der Waals surface area contributed by atoms with Crippen LogP contribution in [0.5, 0.6) is 5.75 Å². The van der Waals surface area contributed by atoms with Crippen molar-refractivity contribution in [3.8, 4) is 5.75 Å². The van der Waals surface area contributed by atoms with Gasteiger partial charge in [0.15, 0.2) is 0 Å². The molecule has 0 spiro atoms. The number of methoxy groups -OCH3 is 1. The standard InChI is InChI=1S/C14H21NO2/c1-13(2)10-17-14(3,15-13)9-11-7-5-6-8-12(11)16-4/h5-8,15H,9-10H2,1-4H3. The molecule has 0 aromatic heterocycles. The maximum Gasteiger partial charge on any atom is 0.122 e. The van der Waals surface area contributed by atoms with E-state index in [9.17, 15) is 0 Å². The van der Waals surface area contributed by atoms with Crippen LogP contribution in [-0.4, -0.2) is 25.0 Å². The second-order valence-corrected chi connectivity index (χ2v) is 5.52. The second-order valence-electron chi connectivity index (χ2n) is 5.52. The van der Waals surface area contributed by atoms with Crippen molar-refractivity contribution in [1.82, 2.24) is 5.32 Å². The Morgan fingerprint density at radius 3 is 2.59 bits per heavy atom. The summed E-state index contributed by atoms with van der Waals surface area (Å²) in [5, 5.41) is 3.53. The molecule has 0 aliphatic carbocycles. The van der Waals surface area contributed by atoms with E-state index in [2.05, 4.69) is 32.2 Å². The fourth-order valence-electron chi connectivity index (χ4n) is 2.44. The number of ether oxygens (including phenoxy) is 2. The van der Waals surface area contributed by atoms with Crippen LogP contribution in [0.1, 0.15) is 26.3 Å². The van der Waals surface area contributed by atoms with Crippen LogP contribution in [0.15, 0.2) is 24.3 Å². The van der Waals surface area contributed by atoms with E-state index in [1.165, 1.54) is 5.56 Å². The Balaban J connectivity index is 2.16. The molecule has 0 radical (unpaired) electrons. The molecule has 0 saturated carbocycles. The smallest absolute Gasteiger partial charge is 0.122 e. The van der Waals surface area contributed by atoms with Crippen molar-refractivity contribution in [2.45, 2.75) is 38.5 Å². The molecule has 2 rings (SSSR count). The quantitative estimate of drug-likeness (QED) is 0.872. The third kappa shape index (κ3) is 2.79. The second kappa shape index (κ2) is 4.31. The Labute approximate surface area is 103 Å². The molecular weight excluding hydrogens is 214 g/mol. The fraction of sp³-hybridized carbons (Fsp3) is 0.571. The molecule has 1 aromatic rings. The number of rotatable bonds is 3. The summed E-state index contributed by atoms with van der Waals surface area (Å²) in [6.07, 6.45) is 0.806. The fourth-order valence-corrected chi connectivity index (χ4v) is 2.44. The average Bonchev–Trinajstić information content (AvgIpc) is 2.53. The normalized spacial score (nSPS) is 27.1. The Kier molecular flexibility index (Phi) is 3.15. The summed E-state index contributed by atoms with van der Waals surface area (Å²) in [4.78, 5) is 0. The van der Waals surface area contributed by atoms with E-state index in [4.69, 9.17) is 9.47 Å². The van der Waals surface area contributed by atoms with Gasteiger partial charge in [-0.2, -0.15) is 0 Å². The van der Waals surface area contributed by atoms with Gasteiger partial charge in [0.2, 0.25) is 0 Å². The zero-order chi connectivity index (χ0) is 12.5. The van der Waals surface area contributed by atoms with Crippen LogP contribution >= 0.6 is 0 Å². The van der Waals surface area contributed by atoms with Crippen molar-refractivity contribution in [2.24, 2.45) is 0 Å². The number of para-hydroxylation sites is 1. The molecule has 1 aliphatic heterocycles. The molecule has 1 fully saturated rings. The highest BCUT2D eigenvalue weighted by Gasteiger charge is 2.40. The van der Waals surface area contributed by atoms with E-state index in [0.29, 0.717) is 0 Å². The molecule has 1 unspecified atom stereocenters. The zero-order valence-electron chi connectivity index (χ0n) is 11.0. The van der Waals surface area contributed by atoms with Crippen molar-refractivity contribution in [3.05, 3.63) is 29.8 Å². The largest absolute Gasteiger partial charge is 0.496 e. The van der Waals surface area contributed by atoms with Gasteiger partial charge in [0, 0.05) is 12.0 Å². The van der Waals surface area contributed by atoms with Gasteiger partial charge in [-0.15, -0.1) is 0 Å². The number of benzene rings is 1. The molecule has 0 amide bonds. The Hall–Kier alpha value is -1.06. The van der Waals surface area contributed by atoms with E-state index in [1.54, 1.807) is 7.11 Å². The number of nitrogens with one attached hydrogen (secondary N) is 1. The van der Waals surface area contributed by atoms with E-state index in [-0.39, 0.29) is 11.3 Å². The average molecular weight is 235 g/mol. The highest BCUT2D eigenvalue weighted by molar-refractivity contribution is 5.34. The van der Waals surface area contributed by atoms with Crippen molar-refractivity contribution in [2.75, 3.05) is 13.7 Å². The first-order valence-corrected chi connectivity index (χ1v) is 5.99. The van der Waals surface area contributed by atoms with E-state index < -0.39 is 0 Å². The van der Waals surface area contributed by atoms with Crippen LogP contribution in [0.2, 0.25) is 0 Å². The molecule has 1 saturated heterocycles. The molecule has 0 bridgehead atoms. The Bertz CT molecular complexity index is 403. The highest BCUT2D eigenvalue weighted by Crippen LogP contribution is 2.29. The molecule has 3 nitrogen and oxygen atoms in total. The van der Waals surface area contributed by atoms with Crippen LogP contribution < -0.4 is 10.1 Å². The molecule has 94 valence electrons. The lowest BCUT2D eigenvalue weighted by Gasteiger charge is -2.27.